The number of Topliss-reactive ketones (excluding diaryl/α,β-unsaturated/α-hetero) is 1. The number of hydrogen-bond donors (Lipinski definition) is 1. The van der Waals surface area contributed by atoms with Gasteiger partial charge in [0.2, 0.25) is 0 Å². The average molecular weight is 464 g/mol. The molecule has 1 fully saturated rings. The monoisotopic (exact) mass is 463 g/mol. The standard InChI is InChI=1S/C27H29NO4S/c1-16-24(27(30)32-19-7-3-4-8-19)25(17-11-12-33-15-17)26-21(28-16)13-18(14-22(26)29)20-9-5-6-10-23(20)31-2/h5-6,9-12,15,18-19,24-25,28H,1,3-4,7-8,13-14H2,2H3. The van der Waals surface area contributed by atoms with E-state index in [-0.39, 0.29) is 29.7 Å². The minimum absolute atomic E-state index is 0.0119. The van der Waals surface area contributed by atoms with Crippen molar-refractivity contribution < 1.29 is 19.1 Å². The van der Waals surface area contributed by atoms with Crippen LogP contribution in [0.25, 0.3) is 0 Å². The Morgan fingerprint density at radius 1 is 1.15 bits per heavy atom. The van der Waals surface area contributed by atoms with Gasteiger partial charge in [-0.25, -0.2) is 0 Å². The van der Waals surface area contributed by atoms with Crippen LogP contribution in [0.15, 0.2) is 64.6 Å². The number of nitrogens with one attached hydrogen (secondary N) is 1. The molecule has 3 aliphatic rings. The molecule has 2 aliphatic carbocycles. The van der Waals surface area contributed by atoms with Gasteiger partial charge in [0.15, 0.2) is 5.78 Å². The molecule has 0 amide bonds. The van der Waals surface area contributed by atoms with Crippen LogP contribution in [0.1, 0.15) is 61.5 Å². The summed E-state index contributed by atoms with van der Waals surface area (Å²) in [6.45, 7) is 4.22. The fraction of sp³-hybridized carbons (Fsp3) is 0.407. The lowest BCUT2D eigenvalue weighted by atomic mass is 9.69. The van der Waals surface area contributed by atoms with Crippen molar-refractivity contribution in [1.29, 1.82) is 0 Å². The summed E-state index contributed by atoms with van der Waals surface area (Å²) in [6.07, 6.45) is 5.04. The first kappa shape index (κ1) is 22.0. The third-order valence-corrected chi connectivity index (χ3v) is 7.86. The molecule has 2 heterocycles. The summed E-state index contributed by atoms with van der Waals surface area (Å²) in [7, 11) is 1.65. The van der Waals surface area contributed by atoms with Crippen molar-refractivity contribution in [2.45, 2.75) is 56.5 Å². The van der Waals surface area contributed by atoms with E-state index in [1.54, 1.807) is 18.4 Å². The van der Waals surface area contributed by atoms with Crippen LogP contribution in [0.3, 0.4) is 0 Å². The number of benzene rings is 1. The van der Waals surface area contributed by atoms with Crippen molar-refractivity contribution in [3.63, 3.8) is 0 Å². The maximum atomic E-state index is 13.6. The van der Waals surface area contributed by atoms with Gasteiger partial charge >= 0.3 is 5.97 Å². The number of rotatable bonds is 5. The molecule has 1 aromatic heterocycles. The minimum atomic E-state index is -0.606. The van der Waals surface area contributed by atoms with Crippen molar-refractivity contribution in [3.05, 3.63) is 75.8 Å². The highest BCUT2D eigenvalue weighted by atomic mass is 32.1. The molecule has 3 unspecified atom stereocenters. The quantitative estimate of drug-likeness (QED) is 0.597. The summed E-state index contributed by atoms with van der Waals surface area (Å²) < 4.78 is 11.5. The first-order chi connectivity index (χ1) is 16.1. The van der Waals surface area contributed by atoms with Gasteiger partial charge in [-0.15, -0.1) is 0 Å². The Hall–Kier alpha value is -2.86. The molecule has 6 heteroatoms. The maximum Gasteiger partial charge on any atom is 0.316 e. The topological polar surface area (TPSA) is 64.6 Å². The second-order valence-electron chi connectivity index (χ2n) is 9.17. The molecule has 172 valence electrons. The summed E-state index contributed by atoms with van der Waals surface area (Å²) in [4.78, 5) is 27.0. The Kier molecular flexibility index (Phi) is 6.11. The average Bonchev–Trinajstić information content (AvgIpc) is 3.52. The Bertz CT molecular complexity index is 1100. The highest BCUT2D eigenvalue weighted by Crippen LogP contribution is 2.48. The molecule has 1 N–H and O–H groups in total. The van der Waals surface area contributed by atoms with E-state index in [0.29, 0.717) is 24.1 Å². The first-order valence-corrected chi connectivity index (χ1v) is 12.6. The number of para-hydroxylation sites is 1. The number of ether oxygens (including phenoxy) is 2. The second-order valence-corrected chi connectivity index (χ2v) is 9.95. The van der Waals surface area contributed by atoms with Crippen LogP contribution in [-0.4, -0.2) is 25.0 Å². The van der Waals surface area contributed by atoms with Gasteiger partial charge in [0.05, 0.1) is 7.11 Å². The van der Waals surface area contributed by atoms with Gasteiger partial charge in [0.1, 0.15) is 17.8 Å². The van der Waals surface area contributed by atoms with Crippen LogP contribution < -0.4 is 10.1 Å². The van der Waals surface area contributed by atoms with E-state index in [0.717, 1.165) is 48.3 Å². The van der Waals surface area contributed by atoms with Crippen molar-refractivity contribution in [2.24, 2.45) is 5.92 Å². The van der Waals surface area contributed by atoms with Gasteiger partial charge in [0, 0.05) is 35.2 Å². The molecule has 1 aliphatic heterocycles. The number of thiophene rings is 1. The molecule has 5 nitrogen and oxygen atoms in total. The molecule has 2 aromatic rings. The molecular weight excluding hydrogens is 434 g/mol. The van der Waals surface area contributed by atoms with Crippen molar-refractivity contribution in [2.75, 3.05) is 7.11 Å². The van der Waals surface area contributed by atoms with E-state index < -0.39 is 5.92 Å². The predicted molar refractivity (Wildman–Crippen MR) is 128 cm³/mol. The highest BCUT2D eigenvalue weighted by molar-refractivity contribution is 7.08. The molecule has 0 saturated heterocycles. The molecule has 3 atom stereocenters. The molecule has 1 aromatic carbocycles. The fourth-order valence-corrected chi connectivity index (χ4v) is 6.30. The van der Waals surface area contributed by atoms with E-state index in [4.69, 9.17) is 9.47 Å². The Balaban J connectivity index is 1.51. The first-order valence-electron chi connectivity index (χ1n) is 11.6. The van der Waals surface area contributed by atoms with Crippen LogP contribution in [-0.2, 0) is 14.3 Å². The van der Waals surface area contributed by atoms with Crippen LogP contribution in [0.2, 0.25) is 0 Å². The molecule has 1 saturated carbocycles. The number of ketones is 1. The van der Waals surface area contributed by atoms with Gasteiger partial charge in [-0.1, -0.05) is 24.8 Å². The van der Waals surface area contributed by atoms with E-state index in [1.807, 2.05) is 41.1 Å². The number of carbonyl (C=O) groups is 2. The number of allylic oxidation sites excluding steroid dienone is 2. The van der Waals surface area contributed by atoms with Crippen molar-refractivity contribution in [1.82, 2.24) is 5.32 Å². The second kappa shape index (κ2) is 9.18. The van der Waals surface area contributed by atoms with E-state index in [2.05, 4.69) is 11.9 Å². The Labute approximate surface area is 198 Å². The zero-order valence-electron chi connectivity index (χ0n) is 18.8. The number of hydrogen-bond acceptors (Lipinski definition) is 6. The number of esters is 1. The van der Waals surface area contributed by atoms with Gasteiger partial charge in [-0.05, 0) is 66.1 Å². The van der Waals surface area contributed by atoms with Crippen LogP contribution in [0.4, 0.5) is 0 Å². The van der Waals surface area contributed by atoms with Crippen LogP contribution in [0.5, 0.6) is 5.75 Å². The zero-order valence-corrected chi connectivity index (χ0v) is 19.7. The molecule has 5 rings (SSSR count). The SMILES string of the molecule is C=C1NC2=C(C(=O)CC(c3ccccc3OC)C2)C(c2ccsc2)C1C(=O)OC1CCCC1. The normalized spacial score (nSPS) is 25.5. The number of carbonyl (C=O) groups excluding carboxylic acids is 2. The third kappa shape index (κ3) is 4.12. The smallest absolute Gasteiger partial charge is 0.316 e. The van der Waals surface area contributed by atoms with E-state index in [9.17, 15) is 9.59 Å². The van der Waals surface area contributed by atoms with Crippen LogP contribution in [0, 0.1) is 5.92 Å². The Morgan fingerprint density at radius 2 is 1.94 bits per heavy atom. The fourth-order valence-electron chi connectivity index (χ4n) is 5.61. The summed E-state index contributed by atoms with van der Waals surface area (Å²) in [5.41, 5.74) is 4.20. The maximum absolute atomic E-state index is 13.6. The van der Waals surface area contributed by atoms with Gasteiger partial charge in [-0.3, -0.25) is 9.59 Å². The Morgan fingerprint density at radius 3 is 2.67 bits per heavy atom. The summed E-state index contributed by atoms with van der Waals surface area (Å²) in [5, 5.41) is 7.38. The molecule has 0 spiro atoms. The lowest BCUT2D eigenvalue weighted by molar-refractivity contribution is -0.153. The summed E-state index contributed by atoms with van der Waals surface area (Å²) in [6, 6.07) is 9.88. The zero-order chi connectivity index (χ0) is 22.9. The van der Waals surface area contributed by atoms with Crippen molar-refractivity contribution in [3.8, 4) is 5.75 Å². The largest absolute Gasteiger partial charge is 0.496 e. The molecule has 33 heavy (non-hydrogen) atoms. The molecular formula is C27H29NO4S. The highest BCUT2D eigenvalue weighted by Gasteiger charge is 2.46. The van der Waals surface area contributed by atoms with Crippen LogP contribution >= 0.6 is 11.3 Å². The predicted octanol–water partition coefficient (Wildman–Crippen LogP) is 5.46. The van der Waals surface area contributed by atoms with E-state index >= 15 is 0 Å². The van der Waals surface area contributed by atoms with Gasteiger partial charge in [-0.2, -0.15) is 11.3 Å². The number of methoxy groups -OCH3 is 1. The third-order valence-electron chi connectivity index (χ3n) is 7.16. The lowest BCUT2D eigenvalue weighted by Crippen LogP contribution is -2.42. The van der Waals surface area contributed by atoms with Crippen molar-refractivity contribution >= 4 is 23.1 Å². The summed E-state index contributed by atoms with van der Waals surface area (Å²) >= 11 is 1.57. The molecule has 0 bridgehead atoms. The summed E-state index contributed by atoms with van der Waals surface area (Å²) in [5.74, 6) is -0.367. The van der Waals surface area contributed by atoms with E-state index in [1.165, 1.54) is 0 Å². The minimum Gasteiger partial charge on any atom is -0.496 e. The van der Waals surface area contributed by atoms with Gasteiger partial charge in [0.25, 0.3) is 0 Å². The molecule has 0 radical (unpaired) electrons. The lowest BCUT2D eigenvalue weighted by Gasteiger charge is -2.40. The van der Waals surface area contributed by atoms with Gasteiger partial charge < -0.3 is 14.8 Å².